The highest BCUT2D eigenvalue weighted by atomic mass is 16.4. The number of aromatic carboxylic acids is 1. The molecule has 1 saturated heterocycles. The first kappa shape index (κ1) is 23.3. The number of aryl methyl sites for hydroxylation is 1. The molecule has 36 heavy (non-hydrogen) atoms. The minimum Gasteiger partial charge on any atom is -0.478 e. The molecule has 2 heterocycles. The largest absolute Gasteiger partial charge is 0.478 e. The molecule has 0 unspecified atom stereocenters. The van der Waals surface area contributed by atoms with Crippen molar-refractivity contribution in [3.8, 4) is 0 Å². The van der Waals surface area contributed by atoms with Gasteiger partial charge in [-0.15, -0.1) is 0 Å². The van der Waals surface area contributed by atoms with Crippen molar-refractivity contribution >= 4 is 40.8 Å². The van der Waals surface area contributed by atoms with Gasteiger partial charge in [0, 0.05) is 18.8 Å². The van der Waals surface area contributed by atoms with Gasteiger partial charge in [0.2, 0.25) is 0 Å². The van der Waals surface area contributed by atoms with Crippen molar-refractivity contribution in [3.05, 3.63) is 88.5 Å². The van der Waals surface area contributed by atoms with Gasteiger partial charge in [0.05, 0.1) is 33.6 Å². The van der Waals surface area contributed by atoms with E-state index in [0.29, 0.717) is 35.7 Å². The average molecular weight is 484 g/mol. The number of carbonyl (C=O) groups is 4. The SMILES string of the molecule is Cc1ccc(NC(=O)c2cccc(N3C(=O)c4ccc(C(=O)O)cc4C3=O)c2N2CCCCC2)cc1. The number of hydrogen-bond donors (Lipinski definition) is 2. The number of rotatable bonds is 5. The van der Waals surface area contributed by atoms with E-state index in [-0.39, 0.29) is 22.6 Å². The predicted octanol–water partition coefficient (Wildman–Crippen LogP) is 4.74. The molecule has 2 aliphatic heterocycles. The molecule has 8 heteroatoms. The normalized spacial score (nSPS) is 15.1. The number of nitrogens with zero attached hydrogens (tertiary/aromatic N) is 2. The molecule has 2 aliphatic rings. The number of carbonyl (C=O) groups excluding carboxylic acids is 3. The summed E-state index contributed by atoms with van der Waals surface area (Å²) < 4.78 is 0. The summed E-state index contributed by atoms with van der Waals surface area (Å²) in [7, 11) is 0. The minimum absolute atomic E-state index is 0.0407. The van der Waals surface area contributed by atoms with Gasteiger partial charge in [-0.05, 0) is 68.7 Å². The Hall–Kier alpha value is -4.46. The van der Waals surface area contributed by atoms with Crippen molar-refractivity contribution in [3.63, 3.8) is 0 Å². The summed E-state index contributed by atoms with van der Waals surface area (Å²) in [6.07, 6.45) is 2.92. The molecule has 0 aromatic heterocycles. The maximum Gasteiger partial charge on any atom is 0.335 e. The van der Waals surface area contributed by atoms with E-state index in [1.54, 1.807) is 18.2 Å². The maximum absolute atomic E-state index is 13.4. The zero-order valence-corrected chi connectivity index (χ0v) is 19.8. The Labute approximate surface area is 208 Å². The van der Waals surface area contributed by atoms with Crippen LogP contribution in [0.4, 0.5) is 17.1 Å². The molecule has 8 nitrogen and oxygen atoms in total. The Morgan fingerprint density at radius 3 is 2.25 bits per heavy atom. The van der Waals surface area contributed by atoms with Crippen LogP contribution in [0.25, 0.3) is 0 Å². The smallest absolute Gasteiger partial charge is 0.335 e. The quantitative estimate of drug-likeness (QED) is 0.508. The van der Waals surface area contributed by atoms with Crippen LogP contribution in [0.2, 0.25) is 0 Å². The number of benzene rings is 3. The van der Waals surface area contributed by atoms with Crippen LogP contribution in [-0.2, 0) is 0 Å². The first-order chi connectivity index (χ1) is 17.3. The van der Waals surface area contributed by atoms with Crippen molar-refractivity contribution < 1.29 is 24.3 Å². The number of carboxylic acid groups (broad SMARTS) is 1. The Morgan fingerprint density at radius 2 is 1.56 bits per heavy atom. The van der Waals surface area contributed by atoms with Crippen LogP contribution < -0.4 is 15.1 Å². The van der Waals surface area contributed by atoms with Crippen molar-refractivity contribution in [2.24, 2.45) is 0 Å². The fourth-order valence-corrected chi connectivity index (χ4v) is 4.77. The Bertz CT molecular complexity index is 1390. The lowest BCUT2D eigenvalue weighted by atomic mass is 10.0. The second-order valence-electron chi connectivity index (χ2n) is 9.05. The molecule has 182 valence electrons. The van der Waals surface area contributed by atoms with Gasteiger partial charge in [0.25, 0.3) is 17.7 Å². The number of nitrogens with one attached hydrogen (secondary N) is 1. The van der Waals surface area contributed by atoms with E-state index in [1.165, 1.54) is 18.2 Å². The lowest BCUT2D eigenvalue weighted by Crippen LogP contribution is -2.36. The zero-order valence-electron chi connectivity index (χ0n) is 19.8. The van der Waals surface area contributed by atoms with Gasteiger partial charge >= 0.3 is 5.97 Å². The number of anilines is 3. The first-order valence-corrected chi connectivity index (χ1v) is 11.9. The number of para-hydroxylation sites is 1. The standard InChI is InChI=1S/C28H25N3O5/c1-17-8-11-19(12-9-17)29-25(32)21-6-5-7-23(24(21)30-14-3-2-4-15-30)31-26(33)20-13-10-18(28(35)36)16-22(20)27(31)34/h5-13,16H,2-4,14-15H2,1H3,(H,29,32)(H,35,36). The van der Waals surface area contributed by atoms with Crippen LogP contribution in [0.15, 0.2) is 60.7 Å². The molecule has 2 N–H and O–H groups in total. The lowest BCUT2D eigenvalue weighted by molar-refractivity contribution is 0.0696. The van der Waals surface area contributed by atoms with Crippen LogP contribution in [0.3, 0.4) is 0 Å². The topological polar surface area (TPSA) is 107 Å². The number of piperidine rings is 1. The van der Waals surface area contributed by atoms with E-state index in [9.17, 15) is 24.3 Å². The maximum atomic E-state index is 13.4. The van der Waals surface area contributed by atoms with Crippen LogP contribution in [0, 0.1) is 6.92 Å². The Kier molecular flexibility index (Phi) is 6.01. The van der Waals surface area contributed by atoms with Crippen LogP contribution >= 0.6 is 0 Å². The second kappa shape index (κ2) is 9.30. The molecule has 3 amide bonds. The van der Waals surface area contributed by atoms with E-state index in [2.05, 4.69) is 10.2 Å². The third-order valence-electron chi connectivity index (χ3n) is 6.62. The summed E-state index contributed by atoms with van der Waals surface area (Å²) in [5.41, 5.74) is 3.02. The first-order valence-electron chi connectivity index (χ1n) is 11.9. The molecule has 0 spiro atoms. The molecule has 3 aromatic rings. The molecular formula is C28H25N3O5. The summed E-state index contributed by atoms with van der Waals surface area (Å²) in [4.78, 5) is 54.8. The van der Waals surface area contributed by atoms with Crippen molar-refractivity contribution in [1.29, 1.82) is 0 Å². The van der Waals surface area contributed by atoms with E-state index >= 15 is 0 Å². The molecule has 0 aliphatic carbocycles. The highest BCUT2D eigenvalue weighted by molar-refractivity contribution is 6.36. The fraction of sp³-hybridized carbons (Fsp3) is 0.214. The van der Waals surface area contributed by atoms with Crippen LogP contribution in [-0.4, -0.2) is 41.9 Å². The van der Waals surface area contributed by atoms with Crippen molar-refractivity contribution in [2.75, 3.05) is 28.2 Å². The molecule has 0 bridgehead atoms. The summed E-state index contributed by atoms with van der Waals surface area (Å²) in [6, 6.07) is 16.4. The van der Waals surface area contributed by atoms with E-state index in [1.807, 2.05) is 31.2 Å². The monoisotopic (exact) mass is 483 g/mol. The molecule has 0 atom stereocenters. The number of amides is 3. The Morgan fingerprint density at radius 1 is 0.861 bits per heavy atom. The summed E-state index contributed by atoms with van der Waals surface area (Å²) in [5.74, 6) is -2.67. The number of imide groups is 1. The van der Waals surface area contributed by atoms with Gasteiger partial charge in [-0.1, -0.05) is 23.8 Å². The van der Waals surface area contributed by atoms with Gasteiger partial charge in [-0.25, -0.2) is 9.69 Å². The zero-order chi connectivity index (χ0) is 25.4. The molecule has 1 fully saturated rings. The number of carboxylic acids is 1. The van der Waals surface area contributed by atoms with E-state index in [0.717, 1.165) is 29.7 Å². The molecular weight excluding hydrogens is 458 g/mol. The second-order valence-corrected chi connectivity index (χ2v) is 9.05. The van der Waals surface area contributed by atoms with Gasteiger partial charge in [-0.3, -0.25) is 14.4 Å². The van der Waals surface area contributed by atoms with Gasteiger partial charge in [-0.2, -0.15) is 0 Å². The van der Waals surface area contributed by atoms with Gasteiger partial charge in [0.15, 0.2) is 0 Å². The minimum atomic E-state index is -1.18. The number of fused-ring (bicyclic) bond motifs is 1. The fourth-order valence-electron chi connectivity index (χ4n) is 4.77. The molecule has 0 radical (unpaired) electrons. The van der Waals surface area contributed by atoms with Crippen LogP contribution in [0.5, 0.6) is 0 Å². The molecule has 3 aromatic carbocycles. The van der Waals surface area contributed by atoms with Gasteiger partial charge in [0.1, 0.15) is 0 Å². The number of hydrogen-bond acceptors (Lipinski definition) is 5. The van der Waals surface area contributed by atoms with Crippen molar-refractivity contribution in [2.45, 2.75) is 26.2 Å². The average Bonchev–Trinajstić information content (AvgIpc) is 3.14. The highest BCUT2D eigenvalue weighted by Crippen LogP contribution is 2.39. The summed E-state index contributed by atoms with van der Waals surface area (Å²) in [5, 5.41) is 12.3. The molecule has 0 saturated carbocycles. The van der Waals surface area contributed by atoms with Gasteiger partial charge < -0.3 is 15.3 Å². The van der Waals surface area contributed by atoms with E-state index in [4.69, 9.17) is 0 Å². The predicted molar refractivity (Wildman–Crippen MR) is 136 cm³/mol. The highest BCUT2D eigenvalue weighted by Gasteiger charge is 2.39. The van der Waals surface area contributed by atoms with Crippen LogP contribution in [0.1, 0.15) is 66.3 Å². The third kappa shape index (κ3) is 4.11. The third-order valence-corrected chi connectivity index (χ3v) is 6.62. The summed E-state index contributed by atoms with van der Waals surface area (Å²) in [6.45, 7) is 3.34. The molecule has 5 rings (SSSR count). The lowest BCUT2D eigenvalue weighted by Gasteiger charge is -2.33. The van der Waals surface area contributed by atoms with Crippen molar-refractivity contribution in [1.82, 2.24) is 0 Å². The Balaban J connectivity index is 1.59. The van der Waals surface area contributed by atoms with E-state index < -0.39 is 17.8 Å². The summed E-state index contributed by atoms with van der Waals surface area (Å²) >= 11 is 0.